The Morgan fingerprint density at radius 2 is 1.93 bits per heavy atom. The SMILES string of the molecule is CC(=O)OC1NC(=O)C2=C1c1ccc(Cl)cc1C(c1ccccc1Cl)=NC2. The van der Waals surface area contributed by atoms with E-state index in [2.05, 4.69) is 10.3 Å². The topological polar surface area (TPSA) is 67.8 Å². The van der Waals surface area contributed by atoms with E-state index in [1.165, 1.54) is 6.92 Å². The van der Waals surface area contributed by atoms with Gasteiger partial charge in [0.1, 0.15) is 0 Å². The van der Waals surface area contributed by atoms with Crippen LogP contribution in [0, 0.1) is 0 Å². The average molecular weight is 401 g/mol. The van der Waals surface area contributed by atoms with E-state index in [0.29, 0.717) is 26.9 Å². The van der Waals surface area contributed by atoms with Crippen molar-refractivity contribution in [2.45, 2.75) is 13.2 Å². The summed E-state index contributed by atoms with van der Waals surface area (Å²) in [5.41, 5.74) is 3.92. The summed E-state index contributed by atoms with van der Waals surface area (Å²) in [5.74, 6) is -0.789. The fraction of sp³-hybridized carbons (Fsp3) is 0.150. The summed E-state index contributed by atoms with van der Waals surface area (Å²) in [6.45, 7) is 1.45. The van der Waals surface area contributed by atoms with Gasteiger partial charge in [-0.3, -0.25) is 14.6 Å². The number of hydrogen-bond donors (Lipinski definition) is 1. The Labute approximate surface area is 165 Å². The van der Waals surface area contributed by atoms with Gasteiger partial charge in [-0.2, -0.15) is 0 Å². The molecule has 0 bridgehead atoms. The van der Waals surface area contributed by atoms with E-state index in [1.807, 2.05) is 24.3 Å². The van der Waals surface area contributed by atoms with Crippen LogP contribution in [0.2, 0.25) is 10.0 Å². The molecule has 1 atom stereocenters. The van der Waals surface area contributed by atoms with Crippen LogP contribution in [0.4, 0.5) is 0 Å². The monoisotopic (exact) mass is 400 g/mol. The summed E-state index contributed by atoms with van der Waals surface area (Å²) in [5, 5.41) is 3.77. The number of hydrogen-bond acceptors (Lipinski definition) is 4. The van der Waals surface area contributed by atoms with Crippen molar-refractivity contribution in [3.8, 4) is 0 Å². The van der Waals surface area contributed by atoms with Gasteiger partial charge in [0.2, 0.25) is 6.23 Å². The Morgan fingerprint density at radius 1 is 1.15 bits per heavy atom. The second kappa shape index (κ2) is 6.83. The zero-order valence-corrected chi connectivity index (χ0v) is 15.8. The lowest BCUT2D eigenvalue weighted by atomic mass is 9.92. The zero-order chi connectivity index (χ0) is 19.1. The van der Waals surface area contributed by atoms with Crippen molar-refractivity contribution >= 4 is 46.4 Å². The highest BCUT2D eigenvalue weighted by Crippen LogP contribution is 2.36. The van der Waals surface area contributed by atoms with Gasteiger partial charge in [-0.1, -0.05) is 47.5 Å². The summed E-state index contributed by atoms with van der Waals surface area (Å²) in [4.78, 5) is 28.6. The Bertz CT molecular complexity index is 1040. The van der Waals surface area contributed by atoms with Gasteiger partial charge in [-0.25, -0.2) is 0 Å². The number of ether oxygens (including phenoxy) is 1. The Balaban J connectivity index is 1.94. The van der Waals surface area contributed by atoms with E-state index in [-0.39, 0.29) is 12.5 Å². The number of halogens is 2. The van der Waals surface area contributed by atoms with Gasteiger partial charge in [-0.05, 0) is 23.8 Å². The van der Waals surface area contributed by atoms with Crippen molar-refractivity contribution < 1.29 is 14.3 Å². The summed E-state index contributed by atoms with van der Waals surface area (Å²) >= 11 is 12.6. The van der Waals surface area contributed by atoms with Crippen LogP contribution in [-0.4, -0.2) is 30.4 Å². The van der Waals surface area contributed by atoms with E-state index in [9.17, 15) is 9.59 Å². The molecule has 1 amide bonds. The standard InChI is InChI=1S/C20H14Cl2N2O3/c1-10(25)27-20-17-12-7-6-11(21)8-14(12)18(13-4-2-3-5-16(13)22)23-9-15(17)19(26)24-20/h2-8,20H,9H2,1H3,(H,24,26). The van der Waals surface area contributed by atoms with Gasteiger partial charge in [0.25, 0.3) is 5.91 Å². The van der Waals surface area contributed by atoms with E-state index in [0.717, 1.165) is 16.7 Å². The third kappa shape index (κ3) is 3.13. The van der Waals surface area contributed by atoms with Crippen LogP contribution in [0.1, 0.15) is 23.6 Å². The molecule has 4 rings (SSSR count). The first-order valence-corrected chi connectivity index (χ1v) is 9.02. The lowest BCUT2D eigenvalue weighted by Crippen LogP contribution is -2.33. The van der Waals surface area contributed by atoms with Crippen molar-refractivity contribution in [3.05, 3.63) is 74.8 Å². The molecule has 1 N–H and O–H groups in total. The fourth-order valence-corrected chi connectivity index (χ4v) is 3.75. The van der Waals surface area contributed by atoms with E-state index >= 15 is 0 Å². The highest BCUT2D eigenvalue weighted by molar-refractivity contribution is 6.36. The third-order valence-corrected chi connectivity index (χ3v) is 5.02. The highest BCUT2D eigenvalue weighted by atomic mass is 35.5. The molecule has 2 aromatic rings. The maximum atomic E-state index is 12.5. The lowest BCUT2D eigenvalue weighted by molar-refractivity contribution is -0.145. The summed E-state index contributed by atoms with van der Waals surface area (Å²) in [6.07, 6.45) is -0.856. The number of amides is 1. The number of rotatable bonds is 2. The molecule has 0 saturated carbocycles. The van der Waals surface area contributed by atoms with Crippen LogP contribution < -0.4 is 5.32 Å². The van der Waals surface area contributed by atoms with Gasteiger partial charge in [0, 0.05) is 39.2 Å². The number of nitrogens with one attached hydrogen (secondary N) is 1. The number of nitrogens with zero attached hydrogens (tertiary/aromatic N) is 1. The normalized spacial score (nSPS) is 18.3. The number of aliphatic imine (C=N–C) groups is 1. The second-order valence-electron chi connectivity index (χ2n) is 6.19. The van der Waals surface area contributed by atoms with Crippen molar-refractivity contribution in [3.63, 3.8) is 0 Å². The highest BCUT2D eigenvalue weighted by Gasteiger charge is 2.37. The molecule has 7 heteroatoms. The molecule has 136 valence electrons. The third-order valence-electron chi connectivity index (χ3n) is 4.46. The van der Waals surface area contributed by atoms with Crippen LogP contribution in [0.15, 0.2) is 53.0 Å². The first kappa shape index (κ1) is 17.8. The number of carbonyl (C=O) groups is 2. The molecule has 0 radical (unpaired) electrons. The molecule has 5 nitrogen and oxygen atoms in total. The molecule has 0 aromatic heterocycles. The van der Waals surface area contributed by atoms with Crippen LogP contribution in [0.5, 0.6) is 0 Å². The molecular formula is C20H14Cl2N2O3. The van der Waals surface area contributed by atoms with E-state index in [4.69, 9.17) is 27.9 Å². The number of benzene rings is 2. The van der Waals surface area contributed by atoms with Gasteiger partial charge in [-0.15, -0.1) is 0 Å². The minimum atomic E-state index is -0.856. The van der Waals surface area contributed by atoms with Crippen molar-refractivity contribution in [2.24, 2.45) is 4.99 Å². The first-order chi connectivity index (χ1) is 13.0. The Hall–Kier alpha value is -2.63. The zero-order valence-electron chi connectivity index (χ0n) is 14.3. The van der Waals surface area contributed by atoms with Crippen molar-refractivity contribution in [1.82, 2.24) is 5.32 Å². The quantitative estimate of drug-likeness (QED) is 0.782. The van der Waals surface area contributed by atoms with Crippen LogP contribution in [-0.2, 0) is 14.3 Å². The minimum absolute atomic E-state index is 0.145. The molecule has 2 heterocycles. The predicted molar refractivity (Wildman–Crippen MR) is 104 cm³/mol. The number of esters is 1. The van der Waals surface area contributed by atoms with Crippen LogP contribution in [0.3, 0.4) is 0 Å². The molecule has 0 fully saturated rings. The summed E-state index contributed by atoms with van der Waals surface area (Å²) < 4.78 is 5.32. The molecule has 27 heavy (non-hydrogen) atoms. The molecule has 0 saturated heterocycles. The second-order valence-corrected chi connectivity index (χ2v) is 7.03. The minimum Gasteiger partial charge on any atom is -0.437 e. The maximum Gasteiger partial charge on any atom is 0.304 e. The van der Waals surface area contributed by atoms with E-state index < -0.39 is 12.2 Å². The Morgan fingerprint density at radius 3 is 2.67 bits per heavy atom. The predicted octanol–water partition coefficient (Wildman–Crippen LogP) is 3.62. The van der Waals surface area contributed by atoms with Crippen LogP contribution in [0.25, 0.3) is 5.57 Å². The number of fused-ring (bicyclic) bond motifs is 2. The van der Waals surface area contributed by atoms with Gasteiger partial charge in [0.05, 0.1) is 12.3 Å². The molecular weight excluding hydrogens is 387 g/mol. The van der Waals surface area contributed by atoms with Gasteiger partial charge < -0.3 is 10.1 Å². The molecule has 2 aromatic carbocycles. The molecule has 2 aliphatic rings. The molecule has 1 unspecified atom stereocenters. The Kier molecular flexibility index (Phi) is 4.50. The lowest BCUT2D eigenvalue weighted by Gasteiger charge is -2.18. The molecule has 0 aliphatic carbocycles. The maximum absolute atomic E-state index is 12.5. The summed E-state index contributed by atoms with van der Waals surface area (Å²) in [6, 6.07) is 12.7. The smallest absolute Gasteiger partial charge is 0.304 e. The fourth-order valence-electron chi connectivity index (χ4n) is 3.35. The summed E-state index contributed by atoms with van der Waals surface area (Å²) in [7, 11) is 0. The van der Waals surface area contributed by atoms with Gasteiger partial charge >= 0.3 is 5.97 Å². The molecule has 0 spiro atoms. The first-order valence-electron chi connectivity index (χ1n) is 8.26. The molecule has 2 aliphatic heterocycles. The average Bonchev–Trinajstić information content (AvgIpc) is 2.82. The van der Waals surface area contributed by atoms with Crippen LogP contribution >= 0.6 is 23.2 Å². The largest absolute Gasteiger partial charge is 0.437 e. The van der Waals surface area contributed by atoms with Crippen molar-refractivity contribution in [1.29, 1.82) is 0 Å². The van der Waals surface area contributed by atoms with E-state index in [1.54, 1.807) is 18.2 Å². The van der Waals surface area contributed by atoms with Gasteiger partial charge in [0.15, 0.2) is 0 Å². The van der Waals surface area contributed by atoms with Crippen molar-refractivity contribution in [2.75, 3.05) is 6.54 Å². The number of carbonyl (C=O) groups excluding carboxylic acids is 2.